The van der Waals surface area contributed by atoms with E-state index in [1.165, 1.54) is 6.07 Å². The van der Waals surface area contributed by atoms with E-state index in [1.54, 1.807) is 12.1 Å². The number of carbonyl (C=O) groups excluding carboxylic acids is 2. The highest BCUT2D eigenvalue weighted by atomic mass is 35.5. The van der Waals surface area contributed by atoms with Gasteiger partial charge in [0, 0.05) is 5.69 Å². The second kappa shape index (κ2) is 7.47. The van der Waals surface area contributed by atoms with E-state index >= 15 is 0 Å². The highest BCUT2D eigenvalue weighted by Gasteiger charge is 2.20. The van der Waals surface area contributed by atoms with E-state index in [4.69, 9.17) is 17.3 Å². The van der Waals surface area contributed by atoms with Crippen LogP contribution in [0.25, 0.3) is 0 Å². The third kappa shape index (κ3) is 4.10. The molecule has 2 amide bonds. The first kappa shape index (κ1) is 16.8. The summed E-state index contributed by atoms with van der Waals surface area (Å²) in [6.07, 6.45) is 2.96. The number of amides is 2. The molecule has 1 aliphatic heterocycles. The number of anilines is 1. The summed E-state index contributed by atoms with van der Waals surface area (Å²) in [5.74, 6) is -0.714. The molecule has 1 aliphatic rings. The van der Waals surface area contributed by atoms with E-state index in [-0.39, 0.29) is 34.9 Å². The molecule has 0 aromatic heterocycles. The van der Waals surface area contributed by atoms with Gasteiger partial charge in [-0.25, -0.2) is 0 Å². The van der Waals surface area contributed by atoms with Gasteiger partial charge in [0.05, 0.1) is 16.6 Å². The van der Waals surface area contributed by atoms with Gasteiger partial charge in [-0.1, -0.05) is 18.0 Å². The Morgan fingerprint density at radius 3 is 2.70 bits per heavy atom. The summed E-state index contributed by atoms with van der Waals surface area (Å²) >= 11 is 5.85. The lowest BCUT2D eigenvalue weighted by atomic mass is 10.0. The molecule has 1 heterocycles. The zero-order valence-corrected chi connectivity index (χ0v) is 12.4. The van der Waals surface area contributed by atoms with Crippen LogP contribution in [-0.2, 0) is 4.79 Å². The predicted molar refractivity (Wildman–Crippen MR) is 81.5 cm³/mol. The minimum absolute atomic E-state index is 0. The van der Waals surface area contributed by atoms with Crippen LogP contribution in [0.5, 0.6) is 0 Å². The first-order valence-electron chi connectivity index (χ1n) is 6.21. The van der Waals surface area contributed by atoms with Gasteiger partial charge < -0.3 is 16.4 Å². The van der Waals surface area contributed by atoms with Crippen LogP contribution in [0.1, 0.15) is 29.6 Å². The van der Waals surface area contributed by atoms with E-state index in [0.717, 1.165) is 25.8 Å². The van der Waals surface area contributed by atoms with Crippen molar-refractivity contribution in [3.63, 3.8) is 0 Å². The molecule has 0 saturated carbocycles. The molecule has 0 bridgehead atoms. The summed E-state index contributed by atoms with van der Waals surface area (Å²) in [7, 11) is 0. The molecule has 7 heteroatoms. The molecule has 5 nitrogen and oxygen atoms in total. The van der Waals surface area contributed by atoms with Crippen molar-refractivity contribution in [1.82, 2.24) is 5.32 Å². The van der Waals surface area contributed by atoms with Crippen LogP contribution in [0.4, 0.5) is 5.69 Å². The Morgan fingerprint density at radius 1 is 1.35 bits per heavy atom. The SMILES string of the molecule is Cl.NC(=O)c1cc(NC(=O)C2CCCCN2)ccc1Cl. The number of nitrogens with one attached hydrogen (secondary N) is 2. The molecule has 0 aliphatic carbocycles. The van der Waals surface area contributed by atoms with Gasteiger partial charge >= 0.3 is 0 Å². The second-order valence-electron chi connectivity index (χ2n) is 4.55. The molecule has 1 aromatic rings. The molecule has 1 fully saturated rings. The number of rotatable bonds is 3. The van der Waals surface area contributed by atoms with Gasteiger partial charge in [0.2, 0.25) is 11.8 Å². The maximum atomic E-state index is 12.0. The van der Waals surface area contributed by atoms with Gasteiger partial charge in [0.1, 0.15) is 0 Å². The molecule has 20 heavy (non-hydrogen) atoms. The maximum Gasteiger partial charge on any atom is 0.250 e. The average Bonchev–Trinajstić information content (AvgIpc) is 2.41. The van der Waals surface area contributed by atoms with Crippen molar-refractivity contribution in [3.8, 4) is 0 Å². The Kier molecular flexibility index (Phi) is 6.26. The summed E-state index contributed by atoms with van der Waals surface area (Å²) < 4.78 is 0. The van der Waals surface area contributed by atoms with E-state index < -0.39 is 5.91 Å². The van der Waals surface area contributed by atoms with Crippen molar-refractivity contribution >= 4 is 41.5 Å². The minimum atomic E-state index is -0.614. The number of nitrogens with two attached hydrogens (primary N) is 1. The second-order valence-corrected chi connectivity index (χ2v) is 4.96. The van der Waals surface area contributed by atoms with Crippen LogP contribution >= 0.6 is 24.0 Å². The van der Waals surface area contributed by atoms with Crippen molar-refractivity contribution in [3.05, 3.63) is 28.8 Å². The lowest BCUT2D eigenvalue weighted by Crippen LogP contribution is -2.43. The standard InChI is InChI=1S/C13H16ClN3O2.ClH/c14-10-5-4-8(7-9(10)12(15)18)17-13(19)11-3-1-2-6-16-11;/h4-5,7,11,16H,1-3,6H2,(H2,15,18)(H,17,19);1H. The first-order chi connectivity index (χ1) is 9.08. The number of halogens is 2. The summed E-state index contributed by atoms with van der Waals surface area (Å²) in [5, 5.41) is 6.20. The van der Waals surface area contributed by atoms with Gasteiger partial charge in [0.25, 0.3) is 0 Å². The number of hydrogen-bond donors (Lipinski definition) is 3. The highest BCUT2D eigenvalue weighted by molar-refractivity contribution is 6.34. The largest absolute Gasteiger partial charge is 0.366 e. The fourth-order valence-corrected chi connectivity index (χ4v) is 2.31. The Bertz CT molecular complexity index is 502. The molecule has 0 radical (unpaired) electrons. The molecule has 110 valence electrons. The predicted octanol–water partition coefficient (Wildman–Crippen LogP) is 1.94. The molecule has 1 atom stereocenters. The van der Waals surface area contributed by atoms with Crippen molar-refractivity contribution in [1.29, 1.82) is 0 Å². The fourth-order valence-electron chi connectivity index (χ4n) is 2.10. The van der Waals surface area contributed by atoms with Gasteiger partial charge in [-0.05, 0) is 37.6 Å². The third-order valence-corrected chi connectivity index (χ3v) is 3.46. The monoisotopic (exact) mass is 317 g/mol. The first-order valence-corrected chi connectivity index (χ1v) is 6.59. The summed E-state index contributed by atoms with van der Waals surface area (Å²) in [6.45, 7) is 0.852. The Hall–Kier alpha value is -1.30. The van der Waals surface area contributed by atoms with E-state index in [0.29, 0.717) is 5.69 Å². The van der Waals surface area contributed by atoms with Crippen molar-refractivity contribution < 1.29 is 9.59 Å². The molecular formula is C13H17Cl2N3O2. The van der Waals surface area contributed by atoms with Crippen LogP contribution in [0.15, 0.2) is 18.2 Å². The van der Waals surface area contributed by atoms with E-state index in [9.17, 15) is 9.59 Å². The zero-order valence-electron chi connectivity index (χ0n) is 10.8. The smallest absolute Gasteiger partial charge is 0.250 e. The van der Waals surface area contributed by atoms with Gasteiger partial charge in [0.15, 0.2) is 0 Å². The lowest BCUT2D eigenvalue weighted by molar-refractivity contribution is -0.118. The third-order valence-electron chi connectivity index (χ3n) is 3.13. The maximum absolute atomic E-state index is 12.0. The van der Waals surface area contributed by atoms with Crippen molar-refractivity contribution in [2.24, 2.45) is 5.73 Å². The Labute approximate surface area is 128 Å². The van der Waals surface area contributed by atoms with Gasteiger partial charge in [-0.3, -0.25) is 9.59 Å². The van der Waals surface area contributed by atoms with Crippen LogP contribution in [0.2, 0.25) is 5.02 Å². The van der Waals surface area contributed by atoms with Crippen LogP contribution < -0.4 is 16.4 Å². The molecule has 4 N–H and O–H groups in total. The summed E-state index contributed by atoms with van der Waals surface area (Å²) in [6, 6.07) is 4.51. The molecule has 1 unspecified atom stereocenters. The Balaban J connectivity index is 0.00000200. The summed E-state index contributed by atoms with van der Waals surface area (Å²) in [4.78, 5) is 23.2. The highest BCUT2D eigenvalue weighted by Crippen LogP contribution is 2.20. The quantitative estimate of drug-likeness (QED) is 0.796. The minimum Gasteiger partial charge on any atom is -0.366 e. The van der Waals surface area contributed by atoms with Gasteiger partial charge in [-0.2, -0.15) is 0 Å². The van der Waals surface area contributed by atoms with Gasteiger partial charge in [-0.15, -0.1) is 12.4 Å². The number of primary amides is 1. The van der Waals surface area contributed by atoms with E-state index in [2.05, 4.69) is 10.6 Å². The van der Waals surface area contributed by atoms with Crippen molar-refractivity contribution in [2.45, 2.75) is 25.3 Å². The fraction of sp³-hybridized carbons (Fsp3) is 0.385. The molecule has 2 rings (SSSR count). The molecule has 0 spiro atoms. The van der Waals surface area contributed by atoms with Crippen LogP contribution in [-0.4, -0.2) is 24.4 Å². The normalized spacial score (nSPS) is 17.9. The zero-order chi connectivity index (χ0) is 13.8. The molecular weight excluding hydrogens is 301 g/mol. The van der Waals surface area contributed by atoms with Crippen molar-refractivity contribution in [2.75, 3.05) is 11.9 Å². The molecule has 1 saturated heterocycles. The average molecular weight is 318 g/mol. The Morgan fingerprint density at radius 2 is 2.10 bits per heavy atom. The van der Waals surface area contributed by atoms with Crippen LogP contribution in [0, 0.1) is 0 Å². The number of benzene rings is 1. The van der Waals surface area contributed by atoms with E-state index in [1.807, 2.05) is 0 Å². The van der Waals surface area contributed by atoms with Crippen LogP contribution in [0.3, 0.4) is 0 Å². The number of piperidine rings is 1. The lowest BCUT2D eigenvalue weighted by Gasteiger charge is -2.22. The topological polar surface area (TPSA) is 84.2 Å². The molecule has 1 aromatic carbocycles. The number of carbonyl (C=O) groups is 2. The number of hydrogen-bond acceptors (Lipinski definition) is 3. The summed E-state index contributed by atoms with van der Waals surface area (Å²) in [5.41, 5.74) is 5.94.